The van der Waals surface area contributed by atoms with Crippen LogP contribution < -0.4 is 4.72 Å². The van der Waals surface area contributed by atoms with E-state index in [1.165, 1.54) is 24.3 Å². The van der Waals surface area contributed by atoms with Gasteiger partial charge in [0.2, 0.25) is 10.0 Å². The average molecular weight is 358 g/mol. The van der Waals surface area contributed by atoms with Gasteiger partial charge in [-0.1, -0.05) is 42.5 Å². The van der Waals surface area contributed by atoms with E-state index in [-0.39, 0.29) is 10.5 Å². The van der Waals surface area contributed by atoms with Gasteiger partial charge in [0.25, 0.3) is 0 Å². The number of nitrogens with one attached hydrogen (secondary N) is 1. The number of hydrogen-bond donors (Lipinski definition) is 1. The number of sulfonamides is 1. The number of carbonyl (C=O) groups is 2. The Morgan fingerprint density at radius 1 is 1.04 bits per heavy atom. The van der Waals surface area contributed by atoms with Crippen molar-refractivity contribution in [1.82, 2.24) is 4.72 Å². The fraction of sp³-hybridized carbons (Fsp3) is 0.118. The number of benzene rings is 2. The molecule has 128 valence electrons. The Bertz CT molecular complexity index is 918. The quantitative estimate of drug-likeness (QED) is 0.589. The number of ketones is 1. The van der Waals surface area contributed by atoms with E-state index in [2.05, 4.69) is 0 Å². The molecule has 0 amide bonds. The molecule has 2 aromatic rings. The van der Waals surface area contributed by atoms with Gasteiger partial charge in [-0.05, 0) is 12.1 Å². The first-order chi connectivity index (χ1) is 11.9. The lowest BCUT2D eigenvalue weighted by Crippen LogP contribution is -2.32. The molecule has 0 heterocycles. The van der Waals surface area contributed by atoms with Gasteiger partial charge in [-0.3, -0.25) is 9.59 Å². The summed E-state index contributed by atoms with van der Waals surface area (Å²) in [7, 11) is -4.05. The van der Waals surface area contributed by atoms with Crippen LogP contribution in [0.4, 0.5) is 0 Å². The molecule has 0 unspecified atom stereocenters. The van der Waals surface area contributed by atoms with Crippen molar-refractivity contribution >= 4 is 21.8 Å². The fourth-order valence-corrected chi connectivity index (χ4v) is 3.05. The predicted octanol–water partition coefficient (Wildman–Crippen LogP) is 1.26. The SMILES string of the molecule is N#Cc1ccccc1S(=O)(=O)NCC(=O)OCC(=O)c1ccccc1. The van der Waals surface area contributed by atoms with Crippen molar-refractivity contribution in [2.45, 2.75) is 4.90 Å². The maximum atomic E-state index is 12.1. The lowest BCUT2D eigenvalue weighted by atomic mass is 10.1. The number of hydrogen-bond acceptors (Lipinski definition) is 6. The summed E-state index contributed by atoms with van der Waals surface area (Å²) >= 11 is 0. The lowest BCUT2D eigenvalue weighted by Gasteiger charge is -2.08. The third-order valence-electron chi connectivity index (χ3n) is 3.16. The molecule has 0 radical (unpaired) electrons. The second-order valence-electron chi connectivity index (χ2n) is 4.88. The Morgan fingerprint density at radius 2 is 1.68 bits per heavy atom. The molecule has 0 spiro atoms. The van der Waals surface area contributed by atoms with Crippen LogP contribution in [0.1, 0.15) is 15.9 Å². The Balaban J connectivity index is 1.91. The highest BCUT2D eigenvalue weighted by Gasteiger charge is 2.20. The van der Waals surface area contributed by atoms with Gasteiger partial charge in [-0.15, -0.1) is 0 Å². The Morgan fingerprint density at radius 3 is 2.36 bits per heavy atom. The Kier molecular flexibility index (Phi) is 6.00. The number of ether oxygens (including phenoxy) is 1. The molecule has 25 heavy (non-hydrogen) atoms. The van der Waals surface area contributed by atoms with Gasteiger partial charge in [0.1, 0.15) is 12.6 Å². The Labute approximate surface area is 144 Å². The zero-order valence-corrected chi connectivity index (χ0v) is 13.8. The molecule has 0 bridgehead atoms. The van der Waals surface area contributed by atoms with Gasteiger partial charge in [0, 0.05) is 5.56 Å². The minimum Gasteiger partial charge on any atom is -0.456 e. The second-order valence-corrected chi connectivity index (χ2v) is 6.62. The van der Waals surface area contributed by atoms with Crippen molar-refractivity contribution in [3.8, 4) is 6.07 Å². The van der Waals surface area contributed by atoms with Crippen molar-refractivity contribution in [3.63, 3.8) is 0 Å². The molecule has 2 rings (SSSR count). The largest absolute Gasteiger partial charge is 0.456 e. The molecule has 8 heteroatoms. The smallest absolute Gasteiger partial charge is 0.321 e. The normalized spacial score (nSPS) is 10.7. The van der Waals surface area contributed by atoms with E-state index in [1.54, 1.807) is 36.4 Å². The van der Waals surface area contributed by atoms with Crippen molar-refractivity contribution in [2.75, 3.05) is 13.2 Å². The van der Waals surface area contributed by atoms with Gasteiger partial charge in [-0.2, -0.15) is 9.98 Å². The molecular formula is C17H14N2O5S. The van der Waals surface area contributed by atoms with Crippen LogP contribution in [0.3, 0.4) is 0 Å². The maximum Gasteiger partial charge on any atom is 0.321 e. The molecule has 1 N–H and O–H groups in total. The van der Waals surface area contributed by atoms with Gasteiger partial charge in [-0.25, -0.2) is 8.42 Å². The molecule has 7 nitrogen and oxygen atoms in total. The van der Waals surface area contributed by atoms with Crippen LogP contribution in [-0.4, -0.2) is 33.3 Å². The highest BCUT2D eigenvalue weighted by Crippen LogP contribution is 2.13. The highest BCUT2D eigenvalue weighted by molar-refractivity contribution is 7.89. The predicted molar refractivity (Wildman–Crippen MR) is 88.1 cm³/mol. The van der Waals surface area contributed by atoms with Crippen LogP contribution in [0.15, 0.2) is 59.5 Å². The summed E-state index contributed by atoms with van der Waals surface area (Å²) < 4.78 is 31.1. The van der Waals surface area contributed by atoms with E-state index in [9.17, 15) is 18.0 Å². The molecule has 0 aliphatic heterocycles. The van der Waals surface area contributed by atoms with Crippen LogP contribution in [0.25, 0.3) is 0 Å². The monoisotopic (exact) mass is 358 g/mol. The summed E-state index contributed by atoms with van der Waals surface area (Å²) in [5.41, 5.74) is 0.349. The van der Waals surface area contributed by atoms with Crippen LogP contribution in [0.2, 0.25) is 0 Å². The van der Waals surface area contributed by atoms with Crippen molar-refractivity contribution in [2.24, 2.45) is 0 Å². The van der Waals surface area contributed by atoms with E-state index < -0.39 is 34.9 Å². The molecule has 0 aliphatic rings. The van der Waals surface area contributed by atoms with Gasteiger partial charge < -0.3 is 4.74 Å². The van der Waals surface area contributed by atoms with Crippen molar-refractivity contribution in [3.05, 3.63) is 65.7 Å². The van der Waals surface area contributed by atoms with Crippen LogP contribution >= 0.6 is 0 Å². The molecule has 0 saturated heterocycles. The number of rotatable bonds is 7. The van der Waals surface area contributed by atoms with Crippen molar-refractivity contribution in [1.29, 1.82) is 5.26 Å². The van der Waals surface area contributed by atoms with Gasteiger partial charge in [0.05, 0.1) is 10.5 Å². The molecule has 0 fully saturated rings. The third kappa shape index (κ3) is 4.97. The lowest BCUT2D eigenvalue weighted by molar-refractivity contribution is -0.141. The summed E-state index contributed by atoms with van der Waals surface area (Å²) in [6.45, 7) is -1.14. The molecule has 0 atom stereocenters. The maximum absolute atomic E-state index is 12.1. The minimum absolute atomic E-state index is 0.0392. The summed E-state index contributed by atoms with van der Waals surface area (Å²) in [5, 5.41) is 8.94. The first-order valence-corrected chi connectivity index (χ1v) is 8.65. The number of nitrogens with zero attached hydrogens (tertiary/aromatic N) is 1. The van der Waals surface area contributed by atoms with Gasteiger partial charge >= 0.3 is 5.97 Å². The van der Waals surface area contributed by atoms with E-state index in [1.807, 2.05) is 4.72 Å². The summed E-state index contributed by atoms with van der Waals surface area (Å²) in [6, 6.07) is 15.6. The standard InChI is InChI=1S/C17H14N2O5S/c18-10-14-8-4-5-9-16(14)25(22,23)19-11-17(21)24-12-15(20)13-6-2-1-3-7-13/h1-9,19H,11-12H2. The summed E-state index contributed by atoms with van der Waals surface area (Å²) in [6.07, 6.45) is 0. The highest BCUT2D eigenvalue weighted by atomic mass is 32.2. The average Bonchev–Trinajstić information content (AvgIpc) is 2.65. The zero-order valence-electron chi connectivity index (χ0n) is 13.0. The molecule has 0 saturated carbocycles. The number of Topliss-reactive ketones (excluding diaryl/α,β-unsaturated/α-hetero) is 1. The summed E-state index contributed by atoms with van der Waals surface area (Å²) in [5.74, 6) is -1.30. The van der Waals surface area contributed by atoms with E-state index in [0.717, 1.165) is 0 Å². The minimum atomic E-state index is -4.05. The van der Waals surface area contributed by atoms with E-state index in [4.69, 9.17) is 10.00 Å². The topological polar surface area (TPSA) is 113 Å². The van der Waals surface area contributed by atoms with Crippen LogP contribution in [-0.2, 0) is 19.6 Å². The van der Waals surface area contributed by atoms with Crippen molar-refractivity contribution < 1.29 is 22.7 Å². The third-order valence-corrected chi connectivity index (χ3v) is 4.62. The first kappa shape index (κ1) is 18.3. The van der Waals surface area contributed by atoms with Gasteiger partial charge in [0.15, 0.2) is 12.4 Å². The Hall–Kier alpha value is -3.02. The fourth-order valence-electron chi connectivity index (χ4n) is 1.93. The number of carbonyl (C=O) groups excluding carboxylic acids is 2. The molecule has 0 aliphatic carbocycles. The number of esters is 1. The summed E-state index contributed by atoms with van der Waals surface area (Å²) in [4.78, 5) is 23.2. The van der Waals surface area contributed by atoms with Crippen LogP contribution in [0.5, 0.6) is 0 Å². The van der Waals surface area contributed by atoms with Crippen LogP contribution in [0, 0.1) is 11.3 Å². The first-order valence-electron chi connectivity index (χ1n) is 7.16. The van der Waals surface area contributed by atoms with E-state index >= 15 is 0 Å². The zero-order chi connectivity index (χ0) is 18.3. The molecular weight excluding hydrogens is 344 g/mol. The molecule has 0 aromatic heterocycles. The number of nitriles is 1. The van der Waals surface area contributed by atoms with E-state index in [0.29, 0.717) is 5.56 Å². The molecule has 2 aromatic carbocycles. The second kappa shape index (κ2) is 8.19.